The number of hydrogen-bond donors (Lipinski definition) is 0. The maximum Gasteiger partial charge on any atom is 0.272 e. The van der Waals surface area contributed by atoms with Crippen LogP contribution in [0.5, 0.6) is 0 Å². The van der Waals surface area contributed by atoms with Crippen LogP contribution in [-0.2, 0) is 16.3 Å². The van der Waals surface area contributed by atoms with Crippen molar-refractivity contribution in [1.29, 1.82) is 0 Å². The summed E-state index contributed by atoms with van der Waals surface area (Å²) in [6, 6.07) is 6.35. The number of benzene rings is 1. The number of nitro groups is 1. The first-order chi connectivity index (χ1) is 8.23. The highest BCUT2D eigenvalue weighted by Crippen LogP contribution is 2.24. The molecule has 2 unspecified atom stereocenters. The Morgan fingerprint density at radius 3 is 2.44 bits per heavy atom. The monoisotopic (exact) mass is 335 g/mol. The number of halogens is 1. The molecule has 0 heterocycles. The van der Waals surface area contributed by atoms with Gasteiger partial charge in [0.15, 0.2) is 9.84 Å². The molecule has 0 saturated heterocycles. The fraction of sp³-hybridized carbons (Fsp3) is 0.455. The third kappa shape index (κ3) is 3.78. The molecule has 0 fully saturated rings. The number of nitro benzene ring substituents is 1. The van der Waals surface area contributed by atoms with Crippen LogP contribution in [0.1, 0.15) is 12.5 Å². The lowest BCUT2D eigenvalue weighted by atomic mass is 10.1. The van der Waals surface area contributed by atoms with Crippen LogP contribution in [-0.4, -0.2) is 29.7 Å². The highest BCUT2D eigenvalue weighted by molar-refractivity contribution is 9.09. The molecule has 0 aliphatic carbocycles. The van der Waals surface area contributed by atoms with Crippen LogP contribution >= 0.6 is 15.9 Å². The Morgan fingerprint density at radius 2 is 1.94 bits per heavy atom. The Morgan fingerprint density at radius 1 is 1.39 bits per heavy atom. The van der Waals surface area contributed by atoms with Crippen molar-refractivity contribution in [2.75, 3.05) is 6.26 Å². The zero-order valence-corrected chi connectivity index (χ0v) is 12.4. The van der Waals surface area contributed by atoms with Gasteiger partial charge in [-0.3, -0.25) is 10.1 Å². The normalized spacial score (nSPS) is 15.1. The van der Waals surface area contributed by atoms with Gasteiger partial charge in [0.05, 0.1) is 10.2 Å². The summed E-state index contributed by atoms with van der Waals surface area (Å²) in [4.78, 5) is 10.0. The van der Waals surface area contributed by atoms with Crippen molar-refractivity contribution >= 4 is 31.5 Å². The Hall–Kier alpha value is -0.950. The molecule has 0 saturated carbocycles. The molecule has 0 spiro atoms. The van der Waals surface area contributed by atoms with Crippen LogP contribution in [0.25, 0.3) is 0 Å². The zero-order chi connectivity index (χ0) is 13.9. The van der Waals surface area contributed by atoms with Gasteiger partial charge in [-0.15, -0.1) is 0 Å². The average Bonchev–Trinajstić information content (AvgIpc) is 2.27. The van der Waals surface area contributed by atoms with E-state index < -0.39 is 20.0 Å². The van der Waals surface area contributed by atoms with Gasteiger partial charge in [-0.25, -0.2) is 8.42 Å². The first-order valence-corrected chi connectivity index (χ1v) is 8.15. The summed E-state index contributed by atoms with van der Waals surface area (Å²) in [6.07, 6.45) is 1.46. The molecule has 0 aliphatic rings. The second-order valence-corrected chi connectivity index (χ2v) is 7.72. The molecular weight excluding hydrogens is 322 g/mol. The van der Waals surface area contributed by atoms with Crippen molar-refractivity contribution in [2.45, 2.75) is 23.4 Å². The first kappa shape index (κ1) is 15.1. The molecule has 1 aromatic rings. The van der Waals surface area contributed by atoms with E-state index in [2.05, 4.69) is 15.9 Å². The lowest BCUT2D eigenvalue weighted by Crippen LogP contribution is -2.28. The minimum absolute atomic E-state index is 0.0163. The van der Waals surface area contributed by atoms with Crippen molar-refractivity contribution in [1.82, 2.24) is 0 Å². The molecule has 0 bridgehead atoms. The molecule has 1 rings (SSSR count). The van der Waals surface area contributed by atoms with Crippen molar-refractivity contribution in [3.05, 3.63) is 39.9 Å². The van der Waals surface area contributed by atoms with Crippen LogP contribution < -0.4 is 0 Å². The number of para-hydroxylation sites is 1. The van der Waals surface area contributed by atoms with Crippen LogP contribution in [0.3, 0.4) is 0 Å². The Bertz CT molecular complexity index is 544. The third-order valence-corrected chi connectivity index (χ3v) is 5.93. The van der Waals surface area contributed by atoms with Crippen LogP contribution in [0.15, 0.2) is 24.3 Å². The van der Waals surface area contributed by atoms with E-state index in [0.29, 0.717) is 12.0 Å². The van der Waals surface area contributed by atoms with E-state index >= 15 is 0 Å². The molecule has 100 valence electrons. The summed E-state index contributed by atoms with van der Waals surface area (Å²) in [5.41, 5.74) is 0.544. The minimum Gasteiger partial charge on any atom is -0.258 e. The fourth-order valence-electron chi connectivity index (χ4n) is 1.51. The van der Waals surface area contributed by atoms with E-state index in [0.717, 1.165) is 6.26 Å². The van der Waals surface area contributed by atoms with Gasteiger partial charge in [0.2, 0.25) is 0 Å². The van der Waals surface area contributed by atoms with E-state index in [-0.39, 0.29) is 10.5 Å². The maximum atomic E-state index is 11.4. The summed E-state index contributed by atoms with van der Waals surface area (Å²) in [7, 11) is -3.17. The SMILES string of the molecule is CC(C(Br)Cc1ccccc1[N+](=O)[O-])S(C)(=O)=O. The highest BCUT2D eigenvalue weighted by atomic mass is 79.9. The van der Waals surface area contributed by atoms with E-state index in [1.54, 1.807) is 25.1 Å². The lowest BCUT2D eigenvalue weighted by Gasteiger charge is -2.16. The van der Waals surface area contributed by atoms with Gasteiger partial charge >= 0.3 is 0 Å². The van der Waals surface area contributed by atoms with Crippen molar-refractivity contribution in [3.8, 4) is 0 Å². The van der Waals surface area contributed by atoms with Gasteiger partial charge in [-0.05, 0) is 13.3 Å². The topological polar surface area (TPSA) is 77.3 Å². The van der Waals surface area contributed by atoms with Crippen molar-refractivity contribution in [2.24, 2.45) is 0 Å². The zero-order valence-electron chi connectivity index (χ0n) is 10.0. The average molecular weight is 336 g/mol. The van der Waals surface area contributed by atoms with Gasteiger partial charge in [0.1, 0.15) is 0 Å². The Kier molecular flexibility index (Phi) is 4.86. The summed E-state index contributed by atoms with van der Waals surface area (Å²) in [5.74, 6) is 0. The molecule has 7 heteroatoms. The molecule has 0 aliphatic heterocycles. The molecule has 1 aromatic carbocycles. The molecule has 0 radical (unpaired) electrons. The fourth-order valence-corrected chi connectivity index (χ4v) is 3.66. The standard InChI is InChI=1S/C11H14BrNO4S/c1-8(18(2,16)17)10(12)7-9-5-3-4-6-11(9)13(14)15/h3-6,8,10H,7H2,1-2H3. The third-order valence-electron chi connectivity index (χ3n) is 2.79. The lowest BCUT2D eigenvalue weighted by molar-refractivity contribution is -0.385. The Labute approximate surface area is 114 Å². The van der Waals surface area contributed by atoms with Crippen LogP contribution in [0.4, 0.5) is 5.69 Å². The molecule has 0 N–H and O–H groups in total. The van der Waals surface area contributed by atoms with Gasteiger partial charge in [-0.1, -0.05) is 34.1 Å². The van der Waals surface area contributed by atoms with E-state index in [1.807, 2.05) is 0 Å². The minimum atomic E-state index is -3.17. The molecule has 18 heavy (non-hydrogen) atoms. The molecular formula is C11H14BrNO4S. The molecule has 2 atom stereocenters. The quantitative estimate of drug-likeness (QED) is 0.470. The van der Waals surface area contributed by atoms with Crippen LogP contribution in [0.2, 0.25) is 0 Å². The predicted molar refractivity (Wildman–Crippen MR) is 73.8 cm³/mol. The number of rotatable bonds is 5. The predicted octanol–water partition coefficient (Wildman–Crippen LogP) is 2.33. The largest absolute Gasteiger partial charge is 0.272 e. The van der Waals surface area contributed by atoms with E-state index in [9.17, 15) is 18.5 Å². The number of nitrogens with zero attached hydrogens (tertiary/aromatic N) is 1. The van der Waals surface area contributed by atoms with Gasteiger partial charge in [-0.2, -0.15) is 0 Å². The highest BCUT2D eigenvalue weighted by Gasteiger charge is 2.26. The number of sulfone groups is 1. The van der Waals surface area contributed by atoms with Crippen molar-refractivity contribution in [3.63, 3.8) is 0 Å². The maximum absolute atomic E-state index is 11.4. The first-order valence-electron chi connectivity index (χ1n) is 5.28. The molecule has 5 nitrogen and oxygen atoms in total. The molecule has 0 aromatic heterocycles. The second kappa shape index (κ2) is 5.79. The summed E-state index contributed by atoms with van der Waals surface area (Å²) in [5, 5.41) is 10.2. The van der Waals surface area contributed by atoms with Crippen LogP contribution in [0, 0.1) is 10.1 Å². The summed E-state index contributed by atoms with van der Waals surface area (Å²) < 4.78 is 22.8. The van der Waals surface area contributed by atoms with E-state index in [1.165, 1.54) is 6.07 Å². The van der Waals surface area contributed by atoms with E-state index in [4.69, 9.17) is 0 Å². The van der Waals surface area contributed by atoms with Gasteiger partial charge < -0.3 is 0 Å². The van der Waals surface area contributed by atoms with Gasteiger partial charge in [0.25, 0.3) is 5.69 Å². The summed E-state index contributed by atoms with van der Waals surface area (Å²) >= 11 is 3.30. The second-order valence-electron chi connectivity index (χ2n) is 4.14. The number of alkyl halides is 1. The van der Waals surface area contributed by atoms with Crippen molar-refractivity contribution < 1.29 is 13.3 Å². The molecule has 0 amide bonds. The smallest absolute Gasteiger partial charge is 0.258 e. The number of hydrogen-bond acceptors (Lipinski definition) is 4. The Balaban J connectivity index is 2.95. The summed E-state index contributed by atoms with van der Waals surface area (Å²) in [6.45, 7) is 1.59. The van der Waals surface area contributed by atoms with Gasteiger partial charge in [0, 0.05) is 22.7 Å².